The molecule has 0 unspecified atom stereocenters. The SMILES string of the molecule is CC/C(=C\C=C\C(O)(CC)CC)c1ccc(NCCc2ccc(CO)c(CO)c2)s1. The Balaban J connectivity index is 1.97. The van der Waals surface area contributed by atoms with Crippen LogP contribution in [0.25, 0.3) is 5.57 Å². The molecule has 0 aliphatic heterocycles. The van der Waals surface area contributed by atoms with Gasteiger partial charge in [-0.15, -0.1) is 11.3 Å². The minimum atomic E-state index is -0.719. The van der Waals surface area contributed by atoms with Gasteiger partial charge in [0.2, 0.25) is 0 Å². The van der Waals surface area contributed by atoms with E-state index in [0.29, 0.717) is 12.8 Å². The second-order valence-electron chi connectivity index (χ2n) is 7.48. The first-order valence-electron chi connectivity index (χ1n) is 10.8. The molecule has 5 heteroatoms. The van der Waals surface area contributed by atoms with Crippen LogP contribution in [0.3, 0.4) is 0 Å². The lowest BCUT2D eigenvalue weighted by atomic mass is 9.97. The fourth-order valence-electron chi connectivity index (χ4n) is 3.28. The number of benzene rings is 1. The van der Waals surface area contributed by atoms with Gasteiger partial charge in [-0.3, -0.25) is 0 Å². The number of hydrogen-bond donors (Lipinski definition) is 4. The van der Waals surface area contributed by atoms with Crippen LogP contribution >= 0.6 is 11.3 Å². The first-order valence-corrected chi connectivity index (χ1v) is 11.6. The average molecular weight is 430 g/mol. The molecule has 2 aromatic rings. The number of aliphatic hydroxyl groups is 3. The van der Waals surface area contributed by atoms with Gasteiger partial charge < -0.3 is 20.6 Å². The Kier molecular flexibility index (Phi) is 9.79. The van der Waals surface area contributed by atoms with E-state index < -0.39 is 5.60 Å². The van der Waals surface area contributed by atoms with Crippen LogP contribution in [0.2, 0.25) is 0 Å². The monoisotopic (exact) mass is 429 g/mol. The van der Waals surface area contributed by atoms with Crippen molar-refractivity contribution in [1.29, 1.82) is 0 Å². The molecule has 1 heterocycles. The Bertz CT molecular complexity index is 850. The molecule has 1 aromatic heterocycles. The molecule has 4 N–H and O–H groups in total. The summed E-state index contributed by atoms with van der Waals surface area (Å²) in [5, 5.41) is 33.7. The first kappa shape index (κ1) is 24.4. The standard InChI is InChI=1S/C25H35NO3S/c1-4-20(8-7-14-25(29,5-2)6-3)23-11-12-24(30-23)26-15-13-19-9-10-21(17-27)22(16-19)18-28/h7-12,14,16,26-29H,4-6,13,15,17-18H2,1-3H3/b14-7+,20-8+. The van der Waals surface area contributed by atoms with Crippen molar-refractivity contribution in [2.75, 3.05) is 11.9 Å². The van der Waals surface area contributed by atoms with Crippen LogP contribution in [0.1, 0.15) is 61.6 Å². The van der Waals surface area contributed by atoms with Crippen molar-refractivity contribution < 1.29 is 15.3 Å². The third-order valence-corrected chi connectivity index (χ3v) is 6.67. The van der Waals surface area contributed by atoms with Crippen molar-refractivity contribution in [2.45, 2.75) is 65.3 Å². The minimum absolute atomic E-state index is 0.0506. The molecule has 0 aliphatic rings. The molecule has 0 atom stereocenters. The summed E-state index contributed by atoms with van der Waals surface area (Å²) in [4.78, 5) is 1.23. The van der Waals surface area contributed by atoms with Crippen molar-refractivity contribution in [1.82, 2.24) is 0 Å². The fourth-order valence-corrected chi connectivity index (χ4v) is 4.30. The van der Waals surface area contributed by atoms with Crippen LogP contribution in [-0.2, 0) is 19.6 Å². The molecule has 4 nitrogen and oxygen atoms in total. The largest absolute Gasteiger partial charge is 0.392 e. The van der Waals surface area contributed by atoms with Crippen LogP contribution in [-0.4, -0.2) is 27.5 Å². The molecule has 30 heavy (non-hydrogen) atoms. The molecule has 0 saturated carbocycles. The zero-order valence-electron chi connectivity index (χ0n) is 18.3. The van der Waals surface area contributed by atoms with Gasteiger partial charge in [-0.05, 0) is 60.1 Å². The van der Waals surface area contributed by atoms with Crippen molar-refractivity contribution in [3.8, 4) is 0 Å². The molecule has 0 fully saturated rings. The summed E-state index contributed by atoms with van der Waals surface area (Å²) in [5.41, 5.74) is 3.24. The number of aliphatic hydroxyl groups excluding tert-OH is 2. The summed E-state index contributed by atoms with van der Waals surface area (Å²) in [6, 6.07) is 10.1. The van der Waals surface area contributed by atoms with Gasteiger partial charge in [0.1, 0.15) is 0 Å². The smallest absolute Gasteiger partial charge is 0.0888 e. The Morgan fingerprint density at radius 2 is 1.77 bits per heavy atom. The van der Waals surface area contributed by atoms with Gasteiger partial charge in [0.25, 0.3) is 0 Å². The van der Waals surface area contributed by atoms with E-state index in [9.17, 15) is 15.3 Å². The second kappa shape index (κ2) is 12.1. The van der Waals surface area contributed by atoms with E-state index in [-0.39, 0.29) is 13.2 Å². The average Bonchev–Trinajstić information content (AvgIpc) is 3.25. The molecule has 2 rings (SSSR count). The number of anilines is 1. The van der Waals surface area contributed by atoms with E-state index in [4.69, 9.17) is 0 Å². The molecule has 0 spiro atoms. The summed E-state index contributed by atoms with van der Waals surface area (Å²) < 4.78 is 0. The lowest BCUT2D eigenvalue weighted by Crippen LogP contribution is -2.22. The highest BCUT2D eigenvalue weighted by Gasteiger charge is 2.16. The highest BCUT2D eigenvalue weighted by Crippen LogP contribution is 2.30. The molecular formula is C25H35NO3S. The summed E-state index contributed by atoms with van der Waals surface area (Å²) in [6.45, 7) is 6.84. The lowest BCUT2D eigenvalue weighted by molar-refractivity contribution is 0.0828. The lowest BCUT2D eigenvalue weighted by Gasteiger charge is -2.19. The molecule has 0 aliphatic carbocycles. The highest BCUT2D eigenvalue weighted by atomic mass is 32.1. The van der Waals surface area contributed by atoms with Gasteiger partial charge in [0.05, 0.1) is 23.8 Å². The van der Waals surface area contributed by atoms with E-state index in [1.807, 2.05) is 44.2 Å². The normalized spacial score (nSPS) is 12.7. The molecule has 0 radical (unpaired) electrons. The Hall–Kier alpha value is -1.92. The number of rotatable bonds is 12. The van der Waals surface area contributed by atoms with Gasteiger partial charge in [-0.1, -0.05) is 57.2 Å². The van der Waals surface area contributed by atoms with E-state index in [1.54, 1.807) is 11.3 Å². The van der Waals surface area contributed by atoms with Crippen molar-refractivity contribution in [3.63, 3.8) is 0 Å². The molecule has 0 bridgehead atoms. The topological polar surface area (TPSA) is 72.7 Å². The van der Waals surface area contributed by atoms with Crippen LogP contribution in [0.4, 0.5) is 5.00 Å². The van der Waals surface area contributed by atoms with Crippen LogP contribution in [0.15, 0.2) is 48.6 Å². The molecule has 1 aromatic carbocycles. The van der Waals surface area contributed by atoms with Crippen molar-refractivity contribution in [3.05, 3.63) is 70.1 Å². The van der Waals surface area contributed by atoms with Gasteiger partial charge in [-0.25, -0.2) is 0 Å². The van der Waals surface area contributed by atoms with Crippen LogP contribution in [0, 0.1) is 0 Å². The fraction of sp³-hybridized carbons (Fsp3) is 0.440. The van der Waals surface area contributed by atoms with E-state index >= 15 is 0 Å². The summed E-state index contributed by atoms with van der Waals surface area (Å²) in [7, 11) is 0. The van der Waals surface area contributed by atoms with Gasteiger partial charge >= 0.3 is 0 Å². The Labute approximate surface area is 184 Å². The van der Waals surface area contributed by atoms with E-state index in [1.165, 1.54) is 10.5 Å². The van der Waals surface area contributed by atoms with Gasteiger partial charge in [0, 0.05) is 11.4 Å². The maximum absolute atomic E-state index is 10.4. The minimum Gasteiger partial charge on any atom is -0.392 e. The molecule has 164 valence electrons. The summed E-state index contributed by atoms with van der Waals surface area (Å²) in [6.07, 6.45) is 9.19. The zero-order chi connectivity index (χ0) is 22.0. The Morgan fingerprint density at radius 1 is 1.03 bits per heavy atom. The molecule has 0 amide bonds. The summed E-state index contributed by atoms with van der Waals surface area (Å²) in [5.74, 6) is 0. The zero-order valence-corrected chi connectivity index (χ0v) is 19.1. The van der Waals surface area contributed by atoms with Crippen molar-refractivity contribution >= 4 is 21.9 Å². The third-order valence-electron chi connectivity index (χ3n) is 5.56. The predicted molar refractivity (Wildman–Crippen MR) is 128 cm³/mol. The van der Waals surface area contributed by atoms with Crippen LogP contribution < -0.4 is 5.32 Å². The number of allylic oxidation sites excluding steroid dienone is 3. The summed E-state index contributed by atoms with van der Waals surface area (Å²) >= 11 is 1.74. The van der Waals surface area contributed by atoms with Gasteiger partial charge in [0.15, 0.2) is 0 Å². The number of hydrogen-bond acceptors (Lipinski definition) is 5. The third kappa shape index (κ3) is 6.81. The van der Waals surface area contributed by atoms with Gasteiger partial charge in [-0.2, -0.15) is 0 Å². The Morgan fingerprint density at radius 3 is 2.40 bits per heavy atom. The number of nitrogens with one attached hydrogen (secondary N) is 1. The first-order chi connectivity index (χ1) is 14.5. The quantitative estimate of drug-likeness (QED) is 0.346. The maximum Gasteiger partial charge on any atom is 0.0888 e. The predicted octanol–water partition coefficient (Wildman–Crippen LogP) is 5.29. The van der Waals surface area contributed by atoms with Crippen LogP contribution in [0.5, 0.6) is 0 Å². The molecular weight excluding hydrogens is 394 g/mol. The number of thiophene rings is 1. The maximum atomic E-state index is 10.4. The van der Waals surface area contributed by atoms with Crippen molar-refractivity contribution in [2.24, 2.45) is 0 Å². The highest BCUT2D eigenvalue weighted by molar-refractivity contribution is 7.17. The van der Waals surface area contributed by atoms with E-state index in [2.05, 4.69) is 30.4 Å². The van der Waals surface area contributed by atoms with E-state index in [0.717, 1.165) is 41.1 Å². The molecule has 0 saturated heterocycles. The second-order valence-corrected chi connectivity index (χ2v) is 8.56.